The minimum Gasteiger partial charge on any atom is -0.341 e. The maximum Gasteiger partial charge on any atom is 0.350 e. The number of hydrogen-bond donors (Lipinski definition) is 1. The fourth-order valence-corrected chi connectivity index (χ4v) is 4.09. The summed E-state index contributed by atoms with van der Waals surface area (Å²) in [5.74, 6) is -0.242. The fourth-order valence-electron chi connectivity index (χ4n) is 4.09. The van der Waals surface area contributed by atoms with Crippen LogP contribution in [0.3, 0.4) is 0 Å². The molecule has 0 aliphatic carbocycles. The lowest BCUT2D eigenvalue weighted by Crippen LogP contribution is -2.47. The zero-order chi connectivity index (χ0) is 22.9. The van der Waals surface area contributed by atoms with Crippen LogP contribution in [0.4, 0.5) is 5.69 Å². The second-order valence-electron chi connectivity index (χ2n) is 9.40. The zero-order valence-electron chi connectivity index (χ0n) is 18.7. The van der Waals surface area contributed by atoms with Gasteiger partial charge in [0, 0.05) is 30.4 Å². The van der Waals surface area contributed by atoms with Crippen LogP contribution in [0.2, 0.25) is 0 Å². The molecule has 3 aromatic rings. The molecule has 1 saturated heterocycles. The van der Waals surface area contributed by atoms with Crippen LogP contribution < -0.4 is 11.0 Å². The van der Waals surface area contributed by atoms with E-state index in [1.54, 1.807) is 23.2 Å². The quantitative estimate of drug-likeness (QED) is 0.683. The molecule has 1 unspecified atom stereocenters. The van der Waals surface area contributed by atoms with E-state index in [0.29, 0.717) is 31.0 Å². The molecule has 2 aromatic heterocycles. The Bertz CT molecular complexity index is 1200. The molecule has 8 heteroatoms. The largest absolute Gasteiger partial charge is 0.350 e. The normalized spacial score (nSPS) is 16.8. The third kappa shape index (κ3) is 4.59. The SMILES string of the molecule is CC(C)(C)C(=O)N1CCCC(C(=O)Nc2cccc(Cn3nc4ccccn4c3=O)c2)C1. The van der Waals surface area contributed by atoms with E-state index in [4.69, 9.17) is 0 Å². The molecule has 168 valence electrons. The molecule has 32 heavy (non-hydrogen) atoms. The average Bonchev–Trinajstić information content (AvgIpc) is 3.08. The Labute approximate surface area is 186 Å². The summed E-state index contributed by atoms with van der Waals surface area (Å²) in [7, 11) is 0. The maximum absolute atomic E-state index is 12.9. The number of anilines is 1. The van der Waals surface area contributed by atoms with Crippen molar-refractivity contribution in [3.05, 3.63) is 64.7 Å². The molecule has 1 atom stereocenters. The van der Waals surface area contributed by atoms with E-state index in [1.165, 1.54) is 9.08 Å². The summed E-state index contributed by atoms with van der Waals surface area (Å²) < 4.78 is 2.91. The molecule has 1 aliphatic rings. The van der Waals surface area contributed by atoms with E-state index in [1.807, 2.05) is 51.1 Å². The van der Waals surface area contributed by atoms with E-state index >= 15 is 0 Å². The van der Waals surface area contributed by atoms with Gasteiger partial charge in [0.1, 0.15) is 0 Å². The van der Waals surface area contributed by atoms with Crippen LogP contribution in [0.25, 0.3) is 5.65 Å². The molecule has 1 N–H and O–H groups in total. The summed E-state index contributed by atoms with van der Waals surface area (Å²) in [5.41, 5.74) is 1.46. The van der Waals surface area contributed by atoms with Gasteiger partial charge in [0.15, 0.2) is 5.65 Å². The molecule has 0 bridgehead atoms. The van der Waals surface area contributed by atoms with Crippen LogP contribution in [0.15, 0.2) is 53.5 Å². The number of benzene rings is 1. The lowest BCUT2D eigenvalue weighted by Gasteiger charge is -2.35. The number of carbonyl (C=O) groups is 2. The van der Waals surface area contributed by atoms with Gasteiger partial charge in [0.25, 0.3) is 0 Å². The molecule has 1 fully saturated rings. The fraction of sp³-hybridized carbons (Fsp3) is 0.417. The third-order valence-electron chi connectivity index (χ3n) is 5.74. The van der Waals surface area contributed by atoms with Crippen LogP contribution >= 0.6 is 0 Å². The number of hydrogen-bond acceptors (Lipinski definition) is 4. The Morgan fingerprint density at radius 1 is 1.16 bits per heavy atom. The van der Waals surface area contributed by atoms with E-state index in [9.17, 15) is 14.4 Å². The monoisotopic (exact) mass is 435 g/mol. The maximum atomic E-state index is 12.9. The van der Waals surface area contributed by atoms with Gasteiger partial charge in [-0.2, -0.15) is 0 Å². The summed E-state index contributed by atoms with van der Waals surface area (Å²) in [5, 5.41) is 7.35. The zero-order valence-corrected chi connectivity index (χ0v) is 18.7. The van der Waals surface area contributed by atoms with Crippen molar-refractivity contribution in [1.82, 2.24) is 19.1 Å². The summed E-state index contributed by atoms with van der Waals surface area (Å²) in [6.07, 6.45) is 3.27. The number of amides is 2. The minimum absolute atomic E-state index is 0.0786. The van der Waals surface area contributed by atoms with E-state index in [-0.39, 0.29) is 23.4 Å². The lowest BCUT2D eigenvalue weighted by molar-refractivity contribution is -0.142. The number of nitrogens with one attached hydrogen (secondary N) is 1. The number of nitrogens with zero attached hydrogens (tertiary/aromatic N) is 4. The highest BCUT2D eigenvalue weighted by molar-refractivity contribution is 5.93. The lowest BCUT2D eigenvalue weighted by atomic mass is 9.91. The predicted molar refractivity (Wildman–Crippen MR) is 122 cm³/mol. The van der Waals surface area contributed by atoms with Gasteiger partial charge in [-0.05, 0) is 42.7 Å². The first-order chi connectivity index (χ1) is 15.2. The van der Waals surface area contributed by atoms with Crippen molar-refractivity contribution < 1.29 is 9.59 Å². The number of piperidine rings is 1. The van der Waals surface area contributed by atoms with Gasteiger partial charge in [0.05, 0.1) is 12.5 Å². The Balaban J connectivity index is 1.44. The van der Waals surface area contributed by atoms with Crippen molar-refractivity contribution >= 4 is 23.1 Å². The van der Waals surface area contributed by atoms with Gasteiger partial charge >= 0.3 is 5.69 Å². The molecule has 2 amide bonds. The van der Waals surface area contributed by atoms with Gasteiger partial charge in [0.2, 0.25) is 11.8 Å². The number of fused-ring (bicyclic) bond motifs is 1. The van der Waals surface area contributed by atoms with Crippen LogP contribution in [-0.4, -0.2) is 44.0 Å². The van der Waals surface area contributed by atoms with E-state index in [0.717, 1.165) is 18.4 Å². The van der Waals surface area contributed by atoms with Crippen molar-refractivity contribution in [3.63, 3.8) is 0 Å². The van der Waals surface area contributed by atoms with Crippen LogP contribution in [-0.2, 0) is 16.1 Å². The predicted octanol–water partition coefficient (Wildman–Crippen LogP) is 2.77. The van der Waals surface area contributed by atoms with Crippen LogP contribution in [0.5, 0.6) is 0 Å². The van der Waals surface area contributed by atoms with Gasteiger partial charge in [-0.15, -0.1) is 5.10 Å². The van der Waals surface area contributed by atoms with Crippen LogP contribution in [0, 0.1) is 11.3 Å². The Kier molecular flexibility index (Phi) is 5.86. The molecular formula is C24H29N5O3. The third-order valence-corrected chi connectivity index (χ3v) is 5.74. The molecule has 8 nitrogen and oxygen atoms in total. The summed E-state index contributed by atoms with van der Waals surface area (Å²) in [6, 6.07) is 12.8. The Morgan fingerprint density at radius 3 is 2.72 bits per heavy atom. The molecule has 0 saturated carbocycles. The molecule has 4 rings (SSSR count). The van der Waals surface area contributed by atoms with E-state index < -0.39 is 5.41 Å². The highest BCUT2D eigenvalue weighted by atomic mass is 16.2. The molecule has 1 aliphatic heterocycles. The smallest absolute Gasteiger partial charge is 0.341 e. The molecule has 0 radical (unpaired) electrons. The Morgan fingerprint density at radius 2 is 1.97 bits per heavy atom. The molecule has 0 spiro atoms. The van der Waals surface area contributed by atoms with Crippen molar-refractivity contribution in [1.29, 1.82) is 0 Å². The topological polar surface area (TPSA) is 88.7 Å². The van der Waals surface area contributed by atoms with Crippen LogP contribution in [0.1, 0.15) is 39.2 Å². The van der Waals surface area contributed by atoms with Gasteiger partial charge in [-0.1, -0.05) is 39.0 Å². The van der Waals surface area contributed by atoms with Gasteiger partial charge < -0.3 is 10.2 Å². The highest BCUT2D eigenvalue weighted by Crippen LogP contribution is 2.24. The minimum atomic E-state index is -0.456. The molecule has 1 aromatic carbocycles. The number of rotatable bonds is 4. The second kappa shape index (κ2) is 8.61. The van der Waals surface area contributed by atoms with Crippen molar-refractivity contribution in [2.75, 3.05) is 18.4 Å². The standard InChI is InChI=1S/C24H29N5O3/c1-24(2,3)22(31)27-12-7-9-18(16-27)21(30)25-19-10-6-8-17(14-19)15-29-23(32)28-13-5-4-11-20(28)26-29/h4-6,8,10-11,13-14,18H,7,9,12,15-16H2,1-3H3,(H,25,30). The number of likely N-dealkylation sites (tertiary alicyclic amines) is 1. The first-order valence-corrected chi connectivity index (χ1v) is 11.0. The summed E-state index contributed by atoms with van der Waals surface area (Å²) in [6.45, 7) is 7.15. The molecule has 3 heterocycles. The second-order valence-corrected chi connectivity index (χ2v) is 9.40. The first kappa shape index (κ1) is 21.8. The van der Waals surface area contributed by atoms with Gasteiger partial charge in [-0.3, -0.25) is 14.0 Å². The van der Waals surface area contributed by atoms with Gasteiger partial charge in [-0.25, -0.2) is 9.48 Å². The number of carbonyl (C=O) groups excluding carboxylic acids is 2. The summed E-state index contributed by atoms with van der Waals surface area (Å²) >= 11 is 0. The highest BCUT2D eigenvalue weighted by Gasteiger charge is 2.33. The molecular weight excluding hydrogens is 406 g/mol. The first-order valence-electron chi connectivity index (χ1n) is 11.0. The average molecular weight is 436 g/mol. The Hall–Kier alpha value is -3.42. The van der Waals surface area contributed by atoms with Crippen molar-refractivity contribution in [2.24, 2.45) is 11.3 Å². The van der Waals surface area contributed by atoms with Crippen molar-refractivity contribution in [2.45, 2.75) is 40.2 Å². The van der Waals surface area contributed by atoms with E-state index in [2.05, 4.69) is 10.4 Å². The van der Waals surface area contributed by atoms with Crippen molar-refractivity contribution in [3.8, 4) is 0 Å². The number of pyridine rings is 1. The summed E-state index contributed by atoms with van der Waals surface area (Å²) in [4.78, 5) is 39.8. The number of aromatic nitrogens is 3.